The van der Waals surface area contributed by atoms with Gasteiger partial charge < -0.3 is 15.8 Å². The molecule has 0 radical (unpaired) electrons. The van der Waals surface area contributed by atoms with E-state index in [1.54, 1.807) is 7.11 Å². The van der Waals surface area contributed by atoms with Gasteiger partial charge in [0.25, 0.3) is 0 Å². The first-order valence-corrected chi connectivity index (χ1v) is 6.20. The van der Waals surface area contributed by atoms with E-state index in [1.165, 1.54) is 11.1 Å². The SMILES string of the molecule is COCC(CN)NC(=O)CCc1ccccc1C. The van der Waals surface area contributed by atoms with E-state index in [0.717, 1.165) is 6.42 Å². The summed E-state index contributed by atoms with van der Waals surface area (Å²) in [5, 5.41) is 2.87. The summed E-state index contributed by atoms with van der Waals surface area (Å²) >= 11 is 0. The number of nitrogens with two attached hydrogens (primary N) is 1. The van der Waals surface area contributed by atoms with Crippen LogP contribution in [0.1, 0.15) is 17.5 Å². The number of aryl methyl sites for hydroxylation is 2. The molecule has 1 amide bonds. The largest absolute Gasteiger partial charge is 0.383 e. The summed E-state index contributed by atoms with van der Waals surface area (Å²) < 4.78 is 4.98. The average Bonchev–Trinajstić information content (AvgIpc) is 2.37. The van der Waals surface area contributed by atoms with Gasteiger partial charge in [-0.15, -0.1) is 0 Å². The van der Waals surface area contributed by atoms with Crippen molar-refractivity contribution in [1.29, 1.82) is 0 Å². The van der Waals surface area contributed by atoms with Crippen LogP contribution in [0.25, 0.3) is 0 Å². The number of hydrogen-bond acceptors (Lipinski definition) is 3. The first kappa shape index (κ1) is 14.7. The summed E-state index contributed by atoms with van der Waals surface area (Å²) in [6.45, 7) is 2.90. The summed E-state index contributed by atoms with van der Waals surface area (Å²) in [6.07, 6.45) is 1.23. The Morgan fingerprint density at radius 2 is 2.17 bits per heavy atom. The number of hydrogen-bond donors (Lipinski definition) is 2. The number of rotatable bonds is 7. The third-order valence-corrected chi connectivity index (χ3v) is 2.90. The normalized spacial score (nSPS) is 12.2. The van der Waals surface area contributed by atoms with Gasteiger partial charge in [-0.2, -0.15) is 0 Å². The van der Waals surface area contributed by atoms with Crippen molar-refractivity contribution in [2.45, 2.75) is 25.8 Å². The molecule has 1 rings (SSSR count). The lowest BCUT2D eigenvalue weighted by Gasteiger charge is -2.15. The van der Waals surface area contributed by atoms with Gasteiger partial charge in [0.15, 0.2) is 0 Å². The van der Waals surface area contributed by atoms with Crippen molar-refractivity contribution in [2.24, 2.45) is 5.73 Å². The number of methoxy groups -OCH3 is 1. The van der Waals surface area contributed by atoms with Crippen LogP contribution in [0.15, 0.2) is 24.3 Å². The molecule has 1 unspecified atom stereocenters. The van der Waals surface area contributed by atoms with Crippen LogP contribution in [0.4, 0.5) is 0 Å². The van der Waals surface area contributed by atoms with E-state index in [4.69, 9.17) is 10.5 Å². The van der Waals surface area contributed by atoms with Gasteiger partial charge in [-0.05, 0) is 24.5 Å². The van der Waals surface area contributed by atoms with E-state index < -0.39 is 0 Å². The van der Waals surface area contributed by atoms with Gasteiger partial charge in [-0.1, -0.05) is 24.3 Å². The second-order valence-electron chi connectivity index (χ2n) is 4.38. The number of benzene rings is 1. The number of carbonyl (C=O) groups is 1. The Hall–Kier alpha value is -1.39. The summed E-state index contributed by atoms with van der Waals surface area (Å²) in [5.41, 5.74) is 7.98. The summed E-state index contributed by atoms with van der Waals surface area (Å²) in [6, 6.07) is 8.01. The zero-order valence-corrected chi connectivity index (χ0v) is 11.1. The van der Waals surface area contributed by atoms with Gasteiger partial charge in [-0.3, -0.25) is 4.79 Å². The van der Waals surface area contributed by atoms with Crippen LogP contribution >= 0.6 is 0 Å². The Morgan fingerprint density at radius 1 is 1.44 bits per heavy atom. The third kappa shape index (κ3) is 4.85. The number of carbonyl (C=O) groups excluding carboxylic acids is 1. The standard InChI is InChI=1S/C14H22N2O2/c1-11-5-3-4-6-12(11)7-8-14(17)16-13(9-15)10-18-2/h3-6,13H,7-10,15H2,1-2H3,(H,16,17). The lowest BCUT2D eigenvalue weighted by atomic mass is 10.0. The molecule has 100 valence electrons. The van der Waals surface area contributed by atoms with Crippen LogP contribution < -0.4 is 11.1 Å². The summed E-state index contributed by atoms with van der Waals surface area (Å²) in [5.74, 6) is 0.0192. The molecule has 0 saturated carbocycles. The van der Waals surface area contributed by atoms with Crippen LogP contribution in [-0.4, -0.2) is 32.2 Å². The summed E-state index contributed by atoms with van der Waals surface area (Å²) in [7, 11) is 1.60. The molecule has 0 aliphatic carbocycles. The van der Waals surface area contributed by atoms with E-state index in [1.807, 2.05) is 12.1 Å². The zero-order chi connectivity index (χ0) is 13.4. The maximum atomic E-state index is 11.7. The van der Waals surface area contributed by atoms with Crippen LogP contribution in [-0.2, 0) is 16.0 Å². The molecule has 0 fully saturated rings. The van der Waals surface area contributed by atoms with Crippen LogP contribution in [0.5, 0.6) is 0 Å². The minimum atomic E-state index is -0.0978. The molecular weight excluding hydrogens is 228 g/mol. The number of ether oxygens (including phenoxy) is 1. The van der Waals surface area contributed by atoms with Gasteiger partial charge in [0, 0.05) is 20.1 Å². The average molecular weight is 250 g/mol. The molecule has 0 heterocycles. The highest BCUT2D eigenvalue weighted by atomic mass is 16.5. The first-order chi connectivity index (χ1) is 8.67. The molecule has 0 aliphatic heterocycles. The molecule has 1 aromatic rings. The van der Waals surface area contributed by atoms with E-state index >= 15 is 0 Å². The summed E-state index contributed by atoms with van der Waals surface area (Å²) in [4.78, 5) is 11.7. The van der Waals surface area contributed by atoms with Crippen molar-refractivity contribution in [1.82, 2.24) is 5.32 Å². The van der Waals surface area contributed by atoms with E-state index in [0.29, 0.717) is 19.6 Å². The predicted molar refractivity (Wildman–Crippen MR) is 72.4 cm³/mol. The molecule has 0 bridgehead atoms. The zero-order valence-electron chi connectivity index (χ0n) is 11.1. The predicted octanol–water partition coefficient (Wildman–Crippen LogP) is 1.02. The maximum Gasteiger partial charge on any atom is 0.220 e. The topological polar surface area (TPSA) is 64.3 Å². The Bertz CT molecular complexity index is 380. The van der Waals surface area contributed by atoms with Gasteiger partial charge in [0.2, 0.25) is 5.91 Å². The quantitative estimate of drug-likeness (QED) is 0.759. The van der Waals surface area contributed by atoms with Gasteiger partial charge in [-0.25, -0.2) is 0 Å². The molecular formula is C14H22N2O2. The fraction of sp³-hybridized carbons (Fsp3) is 0.500. The Balaban J connectivity index is 2.39. The number of nitrogens with one attached hydrogen (secondary N) is 1. The molecule has 4 heteroatoms. The lowest BCUT2D eigenvalue weighted by molar-refractivity contribution is -0.122. The third-order valence-electron chi connectivity index (χ3n) is 2.90. The minimum Gasteiger partial charge on any atom is -0.383 e. The fourth-order valence-corrected chi connectivity index (χ4v) is 1.81. The monoisotopic (exact) mass is 250 g/mol. The minimum absolute atomic E-state index is 0.0192. The van der Waals surface area contributed by atoms with Crippen molar-refractivity contribution in [3.63, 3.8) is 0 Å². The second-order valence-corrected chi connectivity index (χ2v) is 4.38. The van der Waals surface area contributed by atoms with Crippen molar-refractivity contribution >= 4 is 5.91 Å². The van der Waals surface area contributed by atoms with Crippen LogP contribution in [0.2, 0.25) is 0 Å². The molecule has 0 saturated heterocycles. The van der Waals surface area contributed by atoms with E-state index in [-0.39, 0.29) is 11.9 Å². The van der Waals surface area contributed by atoms with Gasteiger partial charge in [0.05, 0.1) is 12.6 Å². The molecule has 1 atom stereocenters. The Labute approximate surface area is 109 Å². The van der Waals surface area contributed by atoms with Gasteiger partial charge >= 0.3 is 0 Å². The van der Waals surface area contributed by atoms with Crippen molar-refractivity contribution in [2.75, 3.05) is 20.3 Å². The van der Waals surface area contributed by atoms with Crippen LogP contribution in [0.3, 0.4) is 0 Å². The highest BCUT2D eigenvalue weighted by Crippen LogP contribution is 2.09. The fourth-order valence-electron chi connectivity index (χ4n) is 1.81. The molecule has 1 aromatic carbocycles. The molecule has 0 aliphatic rings. The van der Waals surface area contributed by atoms with Gasteiger partial charge in [0.1, 0.15) is 0 Å². The number of amides is 1. The maximum absolute atomic E-state index is 11.7. The van der Waals surface area contributed by atoms with Crippen molar-refractivity contribution in [3.05, 3.63) is 35.4 Å². The molecule has 3 N–H and O–H groups in total. The first-order valence-electron chi connectivity index (χ1n) is 6.20. The molecule has 18 heavy (non-hydrogen) atoms. The lowest BCUT2D eigenvalue weighted by Crippen LogP contribution is -2.43. The van der Waals surface area contributed by atoms with Crippen molar-refractivity contribution < 1.29 is 9.53 Å². The molecule has 0 spiro atoms. The second kappa shape index (κ2) is 7.84. The highest BCUT2D eigenvalue weighted by molar-refractivity contribution is 5.76. The van der Waals surface area contributed by atoms with E-state index in [9.17, 15) is 4.79 Å². The highest BCUT2D eigenvalue weighted by Gasteiger charge is 2.10. The van der Waals surface area contributed by atoms with Crippen molar-refractivity contribution in [3.8, 4) is 0 Å². The smallest absolute Gasteiger partial charge is 0.220 e. The van der Waals surface area contributed by atoms with Crippen LogP contribution in [0, 0.1) is 6.92 Å². The Kier molecular flexibility index (Phi) is 6.39. The molecule has 4 nitrogen and oxygen atoms in total. The molecule has 0 aromatic heterocycles. The Morgan fingerprint density at radius 3 is 2.78 bits per heavy atom. The van der Waals surface area contributed by atoms with E-state index in [2.05, 4.69) is 24.4 Å².